The fourth-order valence-electron chi connectivity index (χ4n) is 1.27. The van der Waals surface area contributed by atoms with Gasteiger partial charge in [0.1, 0.15) is 6.42 Å². The zero-order valence-corrected chi connectivity index (χ0v) is 9.29. The lowest BCUT2D eigenvalue weighted by atomic mass is 10.3. The van der Waals surface area contributed by atoms with E-state index in [1.54, 1.807) is 31.5 Å². The van der Waals surface area contributed by atoms with Gasteiger partial charge in [0.15, 0.2) is 0 Å². The number of rotatable bonds is 4. The van der Waals surface area contributed by atoms with Gasteiger partial charge in [0.25, 0.3) is 0 Å². The largest absolute Gasteiger partial charge is 0.466 e. The molecule has 2 aromatic heterocycles. The number of carbonyl (C=O) groups is 1. The molecule has 0 aliphatic heterocycles. The summed E-state index contributed by atoms with van der Waals surface area (Å²) in [5, 5.41) is 7.62. The smallest absolute Gasteiger partial charge is 0.315 e. The van der Waals surface area contributed by atoms with Crippen LogP contribution in [-0.2, 0) is 16.0 Å². The Balaban J connectivity index is 2.09. The molecular formula is C11H11N3O3. The maximum absolute atomic E-state index is 11.2. The second-order valence-electron chi connectivity index (χ2n) is 3.22. The summed E-state index contributed by atoms with van der Waals surface area (Å²) in [5.74, 6) is 0.236. The van der Waals surface area contributed by atoms with Crippen molar-refractivity contribution in [2.24, 2.45) is 0 Å². The highest BCUT2D eigenvalue weighted by molar-refractivity contribution is 5.71. The number of esters is 1. The highest BCUT2D eigenvalue weighted by Gasteiger charge is 2.12. The first-order valence-corrected chi connectivity index (χ1v) is 5.18. The average Bonchev–Trinajstić information content (AvgIpc) is 2.79. The molecule has 0 saturated carbocycles. The number of hydrogen-bond acceptors (Lipinski definition) is 6. The molecule has 0 spiro atoms. The molecule has 2 heterocycles. The van der Waals surface area contributed by atoms with Crippen molar-refractivity contribution in [3.63, 3.8) is 0 Å². The molecule has 0 bridgehead atoms. The quantitative estimate of drug-likeness (QED) is 0.739. The van der Waals surface area contributed by atoms with E-state index in [9.17, 15) is 4.79 Å². The molecule has 0 N–H and O–H groups in total. The van der Waals surface area contributed by atoms with Crippen LogP contribution in [0.2, 0.25) is 0 Å². The van der Waals surface area contributed by atoms with Gasteiger partial charge in [-0.3, -0.25) is 9.78 Å². The predicted octanol–water partition coefficient (Wildman–Crippen LogP) is 1.24. The summed E-state index contributed by atoms with van der Waals surface area (Å²) in [7, 11) is 0. The van der Waals surface area contributed by atoms with Crippen molar-refractivity contribution in [1.82, 2.24) is 15.2 Å². The minimum Gasteiger partial charge on any atom is -0.466 e. The van der Waals surface area contributed by atoms with Crippen molar-refractivity contribution < 1.29 is 13.9 Å². The first kappa shape index (κ1) is 11.3. The van der Waals surface area contributed by atoms with E-state index in [0.29, 0.717) is 12.5 Å². The van der Waals surface area contributed by atoms with Gasteiger partial charge in [-0.25, -0.2) is 0 Å². The highest BCUT2D eigenvalue weighted by Crippen LogP contribution is 2.16. The summed E-state index contributed by atoms with van der Waals surface area (Å²) < 4.78 is 10.1. The minimum absolute atomic E-state index is 0.00801. The normalized spacial score (nSPS) is 10.2. The monoisotopic (exact) mass is 233 g/mol. The minimum atomic E-state index is -0.377. The Hall–Kier alpha value is -2.24. The third-order valence-electron chi connectivity index (χ3n) is 2.00. The molecule has 0 aromatic carbocycles. The van der Waals surface area contributed by atoms with Gasteiger partial charge in [-0.15, -0.1) is 10.2 Å². The maximum Gasteiger partial charge on any atom is 0.315 e. The molecule has 0 aliphatic carbocycles. The fourth-order valence-corrected chi connectivity index (χ4v) is 1.27. The molecule has 0 fully saturated rings. The molecule has 17 heavy (non-hydrogen) atoms. The first-order chi connectivity index (χ1) is 8.29. The summed E-state index contributed by atoms with van der Waals surface area (Å²) in [5.41, 5.74) is 0.766. The van der Waals surface area contributed by atoms with Crippen LogP contribution in [0.1, 0.15) is 12.8 Å². The Bertz CT molecular complexity index is 496. The average molecular weight is 233 g/mol. The molecule has 6 nitrogen and oxygen atoms in total. The lowest BCUT2D eigenvalue weighted by Gasteiger charge is -1.96. The highest BCUT2D eigenvalue weighted by atomic mass is 16.5. The van der Waals surface area contributed by atoms with Crippen LogP contribution < -0.4 is 0 Å². The third-order valence-corrected chi connectivity index (χ3v) is 2.00. The number of carbonyl (C=O) groups excluding carboxylic acids is 1. The van der Waals surface area contributed by atoms with E-state index >= 15 is 0 Å². The van der Waals surface area contributed by atoms with Crippen molar-refractivity contribution in [3.8, 4) is 11.5 Å². The Labute approximate surface area is 97.6 Å². The van der Waals surface area contributed by atoms with Crippen molar-refractivity contribution in [2.75, 3.05) is 6.61 Å². The Morgan fingerprint density at radius 2 is 2.12 bits per heavy atom. The Morgan fingerprint density at radius 1 is 1.35 bits per heavy atom. The molecule has 0 saturated heterocycles. The predicted molar refractivity (Wildman–Crippen MR) is 57.9 cm³/mol. The number of pyridine rings is 1. The maximum atomic E-state index is 11.2. The van der Waals surface area contributed by atoms with Gasteiger partial charge in [0.2, 0.25) is 11.8 Å². The van der Waals surface area contributed by atoms with E-state index in [1.807, 2.05) is 0 Å². The van der Waals surface area contributed by atoms with Crippen molar-refractivity contribution in [3.05, 3.63) is 30.4 Å². The van der Waals surface area contributed by atoms with Gasteiger partial charge >= 0.3 is 5.97 Å². The van der Waals surface area contributed by atoms with E-state index in [0.717, 1.165) is 5.56 Å². The molecule has 88 valence electrons. The molecule has 0 radical (unpaired) electrons. The van der Waals surface area contributed by atoms with E-state index in [1.165, 1.54) is 0 Å². The standard InChI is InChI=1S/C11H11N3O3/c1-2-16-10(15)7-9-13-14-11(17-9)8-3-5-12-6-4-8/h3-6H,2,7H2,1H3. The topological polar surface area (TPSA) is 78.1 Å². The Morgan fingerprint density at radius 3 is 2.82 bits per heavy atom. The summed E-state index contributed by atoms with van der Waals surface area (Å²) in [6.07, 6.45) is 3.25. The zero-order valence-electron chi connectivity index (χ0n) is 9.29. The third kappa shape index (κ3) is 2.87. The molecular weight excluding hydrogens is 222 g/mol. The number of aromatic nitrogens is 3. The molecule has 0 aliphatic rings. The summed E-state index contributed by atoms with van der Waals surface area (Å²) in [6.45, 7) is 2.08. The molecule has 6 heteroatoms. The van der Waals surface area contributed by atoms with Crippen LogP contribution in [0.5, 0.6) is 0 Å². The fraction of sp³-hybridized carbons (Fsp3) is 0.273. The van der Waals surface area contributed by atoms with Gasteiger partial charge < -0.3 is 9.15 Å². The summed E-state index contributed by atoms with van der Waals surface area (Å²) in [6, 6.07) is 3.50. The van der Waals surface area contributed by atoms with E-state index in [4.69, 9.17) is 9.15 Å². The van der Waals surface area contributed by atoms with Crippen LogP contribution in [0.25, 0.3) is 11.5 Å². The number of hydrogen-bond donors (Lipinski definition) is 0. The van der Waals surface area contributed by atoms with E-state index in [2.05, 4.69) is 15.2 Å². The van der Waals surface area contributed by atoms with Crippen molar-refractivity contribution in [1.29, 1.82) is 0 Å². The van der Waals surface area contributed by atoms with Crippen LogP contribution in [0.4, 0.5) is 0 Å². The molecule has 2 rings (SSSR count). The Kier molecular flexibility index (Phi) is 3.44. The first-order valence-electron chi connectivity index (χ1n) is 5.18. The van der Waals surface area contributed by atoms with Gasteiger partial charge in [0.05, 0.1) is 6.61 Å². The second-order valence-corrected chi connectivity index (χ2v) is 3.22. The van der Waals surface area contributed by atoms with Gasteiger partial charge in [-0.05, 0) is 19.1 Å². The lowest BCUT2D eigenvalue weighted by Crippen LogP contribution is -2.07. The SMILES string of the molecule is CCOC(=O)Cc1nnc(-c2ccncc2)o1. The summed E-state index contributed by atoms with van der Waals surface area (Å²) >= 11 is 0. The van der Waals surface area contributed by atoms with Crippen LogP contribution in [-0.4, -0.2) is 27.8 Å². The molecule has 0 amide bonds. The van der Waals surface area contributed by atoms with Crippen molar-refractivity contribution in [2.45, 2.75) is 13.3 Å². The lowest BCUT2D eigenvalue weighted by molar-refractivity contribution is -0.142. The van der Waals surface area contributed by atoms with Crippen LogP contribution >= 0.6 is 0 Å². The molecule has 2 aromatic rings. The second kappa shape index (κ2) is 5.20. The van der Waals surface area contributed by atoms with Gasteiger partial charge in [-0.2, -0.15) is 0 Å². The molecule has 0 unspecified atom stereocenters. The van der Waals surface area contributed by atoms with Crippen LogP contribution in [0.3, 0.4) is 0 Å². The summed E-state index contributed by atoms with van der Waals surface area (Å²) in [4.78, 5) is 15.1. The molecule has 0 atom stereocenters. The number of ether oxygens (including phenoxy) is 1. The van der Waals surface area contributed by atoms with Gasteiger partial charge in [0, 0.05) is 18.0 Å². The van der Waals surface area contributed by atoms with Gasteiger partial charge in [-0.1, -0.05) is 0 Å². The van der Waals surface area contributed by atoms with Crippen molar-refractivity contribution >= 4 is 5.97 Å². The van der Waals surface area contributed by atoms with E-state index in [-0.39, 0.29) is 18.3 Å². The van der Waals surface area contributed by atoms with E-state index < -0.39 is 0 Å². The zero-order chi connectivity index (χ0) is 12.1. The number of nitrogens with zero attached hydrogens (tertiary/aromatic N) is 3. The van der Waals surface area contributed by atoms with Crippen LogP contribution in [0.15, 0.2) is 28.9 Å². The van der Waals surface area contributed by atoms with Crippen LogP contribution in [0, 0.1) is 0 Å².